The van der Waals surface area contributed by atoms with Gasteiger partial charge in [-0.1, -0.05) is 0 Å². The Kier molecular flexibility index (Phi) is 3.64. The van der Waals surface area contributed by atoms with Crippen LogP contribution in [0.5, 0.6) is 0 Å². The van der Waals surface area contributed by atoms with Gasteiger partial charge in [0.1, 0.15) is 11.6 Å². The molecule has 100 valence electrons. The van der Waals surface area contributed by atoms with Gasteiger partial charge in [0.15, 0.2) is 0 Å². The normalized spacial score (nSPS) is 10.7. The van der Waals surface area contributed by atoms with E-state index in [1.54, 1.807) is 29.8 Å². The van der Waals surface area contributed by atoms with Crippen LogP contribution in [0.4, 0.5) is 4.39 Å². The summed E-state index contributed by atoms with van der Waals surface area (Å²) in [4.78, 5) is 14.9. The van der Waals surface area contributed by atoms with Gasteiger partial charge in [-0.3, -0.25) is 4.79 Å². The first kappa shape index (κ1) is 13.3. The molecular weight excluding hydrogens is 247 g/mol. The van der Waals surface area contributed by atoms with Gasteiger partial charge in [0.05, 0.1) is 12.1 Å². The third-order valence-corrected chi connectivity index (χ3v) is 3.00. The van der Waals surface area contributed by atoms with Crippen LogP contribution < -0.4 is 0 Å². The van der Waals surface area contributed by atoms with Gasteiger partial charge in [-0.05, 0) is 37.6 Å². The van der Waals surface area contributed by atoms with Gasteiger partial charge in [-0.2, -0.15) is 0 Å². The number of halogens is 1. The predicted octanol–water partition coefficient (Wildman–Crippen LogP) is 2.78. The topological polar surface area (TPSA) is 55.1 Å². The molecule has 5 heteroatoms. The largest absolute Gasteiger partial charge is 0.481 e. The molecule has 0 aliphatic rings. The number of carbonyl (C=O) groups is 1. The number of imidazole rings is 1. The van der Waals surface area contributed by atoms with Crippen LogP contribution in [0.3, 0.4) is 0 Å². The number of rotatable bonds is 4. The molecule has 4 nitrogen and oxygen atoms in total. The minimum absolute atomic E-state index is 0.0546. The summed E-state index contributed by atoms with van der Waals surface area (Å²) in [6, 6.07) is 4.82. The SMILES string of the molecule is Cc1cc(-c2cn(CCC(=O)O)c(C)n2)ccc1F. The molecule has 0 spiro atoms. The highest BCUT2D eigenvalue weighted by atomic mass is 19.1. The second-order valence-corrected chi connectivity index (χ2v) is 4.47. The summed E-state index contributed by atoms with van der Waals surface area (Å²) in [6.07, 6.45) is 1.85. The van der Waals surface area contributed by atoms with Crippen LogP contribution in [0.25, 0.3) is 11.3 Å². The molecule has 19 heavy (non-hydrogen) atoms. The fourth-order valence-corrected chi connectivity index (χ4v) is 1.89. The fraction of sp³-hybridized carbons (Fsp3) is 0.286. The molecular formula is C14H15FN2O2. The minimum atomic E-state index is -0.840. The maximum atomic E-state index is 13.2. The van der Waals surface area contributed by atoms with Crippen molar-refractivity contribution in [3.05, 3.63) is 41.6 Å². The van der Waals surface area contributed by atoms with Crippen molar-refractivity contribution in [1.29, 1.82) is 0 Å². The third kappa shape index (κ3) is 2.99. The Morgan fingerprint density at radius 3 is 2.79 bits per heavy atom. The molecule has 1 heterocycles. The van der Waals surface area contributed by atoms with E-state index in [9.17, 15) is 9.18 Å². The maximum Gasteiger partial charge on any atom is 0.305 e. The first-order valence-corrected chi connectivity index (χ1v) is 5.99. The van der Waals surface area contributed by atoms with Gasteiger partial charge in [0, 0.05) is 18.3 Å². The lowest BCUT2D eigenvalue weighted by atomic mass is 10.1. The fourth-order valence-electron chi connectivity index (χ4n) is 1.89. The summed E-state index contributed by atoms with van der Waals surface area (Å²) in [6.45, 7) is 3.91. The van der Waals surface area contributed by atoms with Gasteiger partial charge in [0.2, 0.25) is 0 Å². The highest BCUT2D eigenvalue weighted by molar-refractivity contribution is 5.66. The average molecular weight is 262 g/mol. The zero-order valence-corrected chi connectivity index (χ0v) is 10.9. The van der Waals surface area contributed by atoms with Crippen molar-refractivity contribution >= 4 is 5.97 Å². The monoisotopic (exact) mass is 262 g/mol. The van der Waals surface area contributed by atoms with Crippen molar-refractivity contribution in [1.82, 2.24) is 9.55 Å². The molecule has 1 aromatic carbocycles. The summed E-state index contributed by atoms with van der Waals surface area (Å²) < 4.78 is 15.0. The molecule has 2 aromatic rings. The molecule has 0 saturated carbocycles. The molecule has 0 bridgehead atoms. The predicted molar refractivity (Wildman–Crippen MR) is 69.3 cm³/mol. The Labute approximate surface area is 110 Å². The van der Waals surface area contributed by atoms with Crippen LogP contribution in [-0.4, -0.2) is 20.6 Å². The van der Waals surface area contributed by atoms with E-state index in [0.29, 0.717) is 12.1 Å². The molecule has 0 fully saturated rings. The molecule has 1 N–H and O–H groups in total. The Hall–Kier alpha value is -2.17. The molecule has 0 amide bonds. The Morgan fingerprint density at radius 1 is 1.42 bits per heavy atom. The van der Waals surface area contributed by atoms with Gasteiger partial charge < -0.3 is 9.67 Å². The minimum Gasteiger partial charge on any atom is -0.481 e. The van der Waals surface area contributed by atoms with E-state index in [1.165, 1.54) is 6.07 Å². The quantitative estimate of drug-likeness (QED) is 0.921. The molecule has 0 aliphatic carbocycles. The van der Waals surface area contributed by atoms with E-state index in [-0.39, 0.29) is 12.2 Å². The van der Waals surface area contributed by atoms with Crippen molar-refractivity contribution in [2.24, 2.45) is 0 Å². The van der Waals surface area contributed by atoms with E-state index in [0.717, 1.165) is 17.1 Å². The molecule has 0 aliphatic heterocycles. The number of carboxylic acids is 1. The number of aryl methyl sites for hydroxylation is 3. The summed E-state index contributed by atoms with van der Waals surface area (Å²) in [5, 5.41) is 8.68. The summed E-state index contributed by atoms with van der Waals surface area (Å²) >= 11 is 0. The van der Waals surface area contributed by atoms with Crippen molar-refractivity contribution in [3.63, 3.8) is 0 Å². The van der Waals surface area contributed by atoms with Gasteiger partial charge in [-0.25, -0.2) is 9.37 Å². The van der Waals surface area contributed by atoms with Gasteiger partial charge in [-0.15, -0.1) is 0 Å². The maximum absolute atomic E-state index is 13.2. The summed E-state index contributed by atoms with van der Waals surface area (Å²) in [7, 11) is 0. The van der Waals surface area contributed by atoms with Crippen molar-refractivity contribution in [3.8, 4) is 11.3 Å². The number of benzene rings is 1. The molecule has 0 atom stereocenters. The molecule has 2 rings (SSSR count). The number of hydrogen-bond acceptors (Lipinski definition) is 2. The summed E-state index contributed by atoms with van der Waals surface area (Å²) in [5.74, 6) is -0.337. The number of aromatic nitrogens is 2. The van der Waals surface area contributed by atoms with Crippen LogP contribution in [0.1, 0.15) is 17.8 Å². The number of carboxylic acid groups (broad SMARTS) is 1. The van der Waals surface area contributed by atoms with Gasteiger partial charge >= 0.3 is 5.97 Å². The van der Waals surface area contributed by atoms with Crippen molar-refractivity contribution in [2.45, 2.75) is 26.8 Å². The molecule has 1 aromatic heterocycles. The first-order chi connectivity index (χ1) is 8.97. The smallest absolute Gasteiger partial charge is 0.305 e. The van der Waals surface area contributed by atoms with Crippen LogP contribution >= 0.6 is 0 Å². The molecule has 0 unspecified atom stereocenters. The Balaban J connectivity index is 2.28. The van der Waals surface area contributed by atoms with E-state index in [4.69, 9.17) is 5.11 Å². The number of nitrogens with zero attached hydrogens (tertiary/aromatic N) is 2. The second kappa shape index (κ2) is 5.22. The average Bonchev–Trinajstić information content (AvgIpc) is 2.71. The number of hydrogen-bond donors (Lipinski definition) is 1. The Bertz CT molecular complexity index is 620. The lowest BCUT2D eigenvalue weighted by Gasteiger charge is -2.01. The lowest BCUT2D eigenvalue weighted by molar-refractivity contribution is -0.137. The highest BCUT2D eigenvalue weighted by Gasteiger charge is 2.09. The van der Waals surface area contributed by atoms with Crippen LogP contribution in [0.2, 0.25) is 0 Å². The lowest BCUT2D eigenvalue weighted by Crippen LogP contribution is -2.04. The standard InChI is InChI=1S/C14H15FN2O2/c1-9-7-11(3-4-12(9)15)13-8-17(10(2)16-13)6-5-14(18)19/h3-4,7-8H,5-6H2,1-2H3,(H,18,19). The van der Waals surface area contributed by atoms with E-state index < -0.39 is 5.97 Å². The molecule has 0 radical (unpaired) electrons. The second-order valence-electron chi connectivity index (χ2n) is 4.47. The highest BCUT2D eigenvalue weighted by Crippen LogP contribution is 2.21. The zero-order valence-electron chi connectivity index (χ0n) is 10.9. The van der Waals surface area contributed by atoms with Crippen LogP contribution in [0.15, 0.2) is 24.4 Å². The first-order valence-electron chi connectivity index (χ1n) is 5.99. The van der Waals surface area contributed by atoms with E-state index >= 15 is 0 Å². The van der Waals surface area contributed by atoms with Crippen LogP contribution in [0, 0.1) is 19.7 Å². The zero-order chi connectivity index (χ0) is 14.0. The summed E-state index contributed by atoms with van der Waals surface area (Å²) in [5.41, 5.74) is 2.12. The third-order valence-electron chi connectivity index (χ3n) is 3.00. The van der Waals surface area contributed by atoms with Crippen molar-refractivity contribution in [2.75, 3.05) is 0 Å². The Morgan fingerprint density at radius 2 is 2.16 bits per heavy atom. The molecule has 0 saturated heterocycles. The van der Waals surface area contributed by atoms with Gasteiger partial charge in [0.25, 0.3) is 0 Å². The van der Waals surface area contributed by atoms with Crippen LogP contribution in [-0.2, 0) is 11.3 Å². The number of aliphatic carboxylic acids is 1. The van der Waals surface area contributed by atoms with Crippen molar-refractivity contribution < 1.29 is 14.3 Å². The van der Waals surface area contributed by atoms with E-state index in [2.05, 4.69) is 4.98 Å². The van der Waals surface area contributed by atoms with E-state index in [1.807, 2.05) is 6.92 Å².